The number of aliphatic hydroxyl groups is 1. The molecule has 4 heteroatoms. The lowest BCUT2D eigenvalue weighted by Gasteiger charge is -2.22. The van der Waals surface area contributed by atoms with Gasteiger partial charge in [0.1, 0.15) is 0 Å². The maximum Gasteiger partial charge on any atom is 0.0672 e. The molecule has 1 aromatic rings. The SMILES string of the molecule is CC(O)(CCN)Cc1cncc(Br)c1. The number of hydrogen-bond acceptors (Lipinski definition) is 3. The third-order valence-electron chi connectivity index (χ3n) is 2.03. The highest BCUT2D eigenvalue weighted by molar-refractivity contribution is 9.10. The highest BCUT2D eigenvalue weighted by atomic mass is 79.9. The van der Waals surface area contributed by atoms with E-state index >= 15 is 0 Å². The van der Waals surface area contributed by atoms with Gasteiger partial charge in [-0.05, 0) is 47.4 Å². The smallest absolute Gasteiger partial charge is 0.0672 e. The Morgan fingerprint density at radius 1 is 1.57 bits per heavy atom. The van der Waals surface area contributed by atoms with Crippen LogP contribution >= 0.6 is 15.9 Å². The van der Waals surface area contributed by atoms with Crippen molar-refractivity contribution in [1.29, 1.82) is 0 Å². The topological polar surface area (TPSA) is 59.1 Å². The van der Waals surface area contributed by atoms with Crippen LogP contribution in [0, 0.1) is 0 Å². The van der Waals surface area contributed by atoms with Gasteiger partial charge < -0.3 is 10.8 Å². The molecule has 0 aliphatic heterocycles. The fourth-order valence-corrected chi connectivity index (χ4v) is 1.80. The lowest BCUT2D eigenvalue weighted by molar-refractivity contribution is 0.0538. The lowest BCUT2D eigenvalue weighted by Crippen LogP contribution is -2.30. The molecule has 0 radical (unpaired) electrons. The minimum absolute atomic E-state index is 0.494. The van der Waals surface area contributed by atoms with Gasteiger partial charge in [-0.3, -0.25) is 4.98 Å². The van der Waals surface area contributed by atoms with Gasteiger partial charge in [0.2, 0.25) is 0 Å². The predicted octanol–water partition coefficient (Wildman–Crippen LogP) is 1.49. The van der Waals surface area contributed by atoms with Gasteiger partial charge in [-0.1, -0.05) is 0 Å². The van der Waals surface area contributed by atoms with E-state index in [0.717, 1.165) is 10.0 Å². The van der Waals surface area contributed by atoms with Crippen molar-refractivity contribution < 1.29 is 5.11 Å². The van der Waals surface area contributed by atoms with Crippen LogP contribution in [0.5, 0.6) is 0 Å². The molecule has 0 saturated heterocycles. The molecule has 0 aliphatic carbocycles. The van der Waals surface area contributed by atoms with E-state index in [1.165, 1.54) is 0 Å². The first-order valence-corrected chi connectivity index (χ1v) is 5.35. The third-order valence-corrected chi connectivity index (χ3v) is 2.46. The van der Waals surface area contributed by atoms with Gasteiger partial charge in [-0.2, -0.15) is 0 Å². The van der Waals surface area contributed by atoms with E-state index in [1.807, 2.05) is 6.07 Å². The summed E-state index contributed by atoms with van der Waals surface area (Å²) in [6.45, 7) is 2.29. The molecule has 0 amide bonds. The van der Waals surface area contributed by atoms with Crippen LogP contribution in [-0.4, -0.2) is 22.2 Å². The van der Waals surface area contributed by atoms with Gasteiger partial charge in [0.25, 0.3) is 0 Å². The van der Waals surface area contributed by atoms with Crippen LogP contribution in [0.2, 0.25) is 0 Å². The van der Waals surface area contributed by atoms with E-state index in [1.54, 1.807) is 19.3 Å². The molecule has 1 rings (SSSR count). The zero-order chi connectivity index (χ0) is 10.6. The Balaban J connectivity index is 2.68. The molecule has 1 heterocycles. The highest BCUT2D eigenvalue weighted by Crippen LogP contribution is 2.18. The molecule has 0 spiro atoms. The zero-order valence-electron chi connectivity index (χ0n) is 8.20. The monoisotopic (exact) mass is 258 g/mol. The van der Waals surface area contributed by atoms with E-state index in [2.05, 4.69) is 20.9 Å². The summed E-state index contributed by atoms with van der Waals surface area (Å²) in [6, 6.07) is 1.96. The molecule has 0 aromatic carbocycles. The van der Waals surface area contributed by atoms with Crippen LogP contribution < -0.4 is 5.73 Å². The van der Waals surface area contributed by atoms with Crippen molar-refractivity contribution in [2.75, 3.05) is 6.54 Å². The molecule has 14 heavy (non-hydrogen) atoms. The van der Waals surface area contributed by atoms with Crippen molar-refractivity contribution >= 4 is 15.9 Å². The molecule has 3 nitrogen and oxygen atoms in total. The Kier molecular flexibility index (Phi) is 4.04. The molecule has 1 unspecified atom stereocenters. The second-order valence-corrected chi connectivity index (χ2v) is 4.64. The Bertz CT molecular complexity index is 302. The van der Waals surface area contributed by atoms with Gasteiger partial charge in [0.15, 0.2) is 0 Å². The number of hydrogen-bond donors (Lipinski definition) is 2. The van der Waals surface area contributed by atoms with Crippen LogP contribution in [0.1, 0.15) is 18.9 Å². The summed E-state index contributed by atoms with van der Waals surface area (Å²) in [7, 11) is 0. The third kappa shape index (κ3) is 3.74. The van der Waals surface area contributed by atoms with Crippen LogP contribution in [0.15, 0.2) is 22.9 Å². The molecule has 0 aliphatic rings. The van der Waals surface area contributed by atoms with Gasteiger partial charge in [-0.25, -0.2) is 0 Å². The average Bonchev–Trinajstić information content (AvgIpc) is 2.02. The first-order chi connectivity index (χ1) is 6.53. The van der Waals surface area contributed by atoms with Crippen molar-refractivity contribution in [2.24, 2.45) is 5.73 Å². The molecule has 3 N–H and O–H groups in total. The van der Waals surface area contributed by atoms with Crippen molar-refractivity contribution in [2.45, 2.75) is 25.4 Å². The summed E-state index contributed by atoms with van der Waals surface area (Å²) < 4.78 is 0.929. The number of nitrogens with two attached hydrogens (primary N) is 1. The molecular formula is C10H15BrN2O. The summed E-state index contributed by atoms with van der Waals surface area (Å²) in [4.78, 5) is 4.04. The standard InChI is InChI=1S/C10H15BrN2O/c1-10(14,2-3-12)5-8-4-9(11)7-13-6-8/h4,6-7,14H,2-3,5,12H2,1H3. The van der Waals surface area contributed by atoms with E-state index in [-0.39, 0.29) is 0 Å². The summed E-state index contributed by atoms with van der Waals surface area (Å²) in [5.74, 6) is 0. The van der Waals surface area contributed by atoms with E-state index in [9.17, 15) is 5.11 Å². The lowest BCUT2D eigenvalue weighted by atomic mass is 9.94. The minimum Gasteiger partial charge on any atom is -0.390 e. The normalized spacial score (nSPS) is 15.1. The van der Waals surface area contributed by atoms with E-state index < -0.39 is 5.60 Å². The second kappa shape index (κ2) is 4.87. The van der Waals surface area contributed by atoms with E-state index in [4.69, 9.17) is 5.73 Å². The Labute approximate surface area is 92.5 Å². The summed E-state index contributed by atoms with van der Waals surface area (Å²) in [6.07, 6.45) is 4.66. The van der Waals surface area contributed by atoms with Gasteiger partial charge in [0, 0.05) is 23.3 Å². The van der Waals surface area contributed by atoms with Crippen LogP contribution in [0.25, 0.3) is 0 Å². The first-order valence-electron chi connectivity index (χ1n) is 4.55. The number of halogens is 1. The predicted molar refractivity (Wildman–Crippen MR) is 59.9 cm³/mol. The molecule has 78 valence electrons. The van der Waals surface area contributed by atoms with Crippen LogP contribution in [0.4, 0.5) is 0 Å². The second-order valence-electron chi connectivity index (χ2n) is 3.72. The molecule has 0 saturated carbocycles. The van der Waals surface area contributed by atoms with Crippen molar-refractivity contribution in [3.63, 3.8) is 0 Å². The van der Waals surface area contributed by atoms with Crippen molar-refractivity contribution in [1.82, 2.24) is 4.98 Å². The Morgan fingerprint density at radius 2 is 2.29 bits per heavy atom. The average molecular weight is 259 g/mol. The highest BCUT2D eigenvalue weighted by Gasteiger charge is 2.19. The number of aromatic nitrogens is 1. The summed E-state index contributed by atoms with van der Waals surface area (Å²) in [5.41, 5.74) is 5.69. The van der Waals surface area contributed by atoms with Gasteiger partial charge >= 0.3 is 0 Å². The number of nitrogens with zero attached hydrogens (tertiary/aromatic N) is 1. The number of pyridine rings is 1. The van der Waals surface area contributed by atoms with Gasteiger partial charge in [-0.15, -0.1) is 0 Å². The quantitative estimate of drug-likeness (QED) is 0.861. The van der Waals surface area contributed by atoms with Gasteiger partial charge in [0.05, 0.1) is 5.60 Å². The summed E-state index contributed by atoms with van der Waals surface area (Å²) in [5, 5.41) is 9.94. The van der Waals surface area contributed by atoms with Crippen molar-refractivity contribution in [3.8, 4) is 0 Å². The minimum atomic E-state index is -0.739. The number of rotatable bonds is 4. The Morgan fingerprint density at radius 3 is 2.86 bits per heavy atom. The summed E-state index contributed by atoms with van der Waals surface area (Å²) >= 11 is 3.34. The Hall–Kier alpha value is -0.450. The van der Waals surface area contributed by atoms with Crippen LogP contribution in [-0.2, 0) is 6.42 Å². The maximum atomic E-state index is 9.94. The fraction of sp³-hybridized carbons (Fsp3) is 0.500. The first kappa shape index (κ1) is 11.6. The zero-order valence-corrected chi connectivity index (χ0v) is 9.79. The molecule has 1 aromatic heterocycles. The molecular weight excluding hydrogens is 244 g/mol. The molecule has 0 fully saturated rings. The largest absolute Gasteiger partial charge is 0.390 e. The maximum absolute atomic E-state index is 9.94. The molecule has 0 bridgehead atoms. The molecule has 1 atom stereocenters. The van der Waals surface area contributed by atoms with Crippen molar-refractivity contribution in [3.05, 3.63) is 28.5 Å². The fourth-order valence-electron chi connectivity index (χ4n) is 1.39. The van der Waals surface area contributed by atoms with E-state index in [0.29, 0.717) is 19.4 Å². The van der Waals surface area contributed by atoms with Crippen LogP contribution in [0.3, 0.4) is 0 Å².